The van der Waals surface area contributed by atoms with Gasteiger partial charge in [0.15, 0.2) is 0 Å². The highest BCUT2D eigenvalue weighted by Crippen LogP contribution is 2.60. The lowest BCUT2D eigenvalue weighted by molar-refractivity contribution is -0.147. The topological polar surface area (TPSA) is 0 Å². The molecule has 0 bridgehead atoms. The number of halogens is 4. The normalized spacial score (nSPS) is 32.2. The van der Waals surface area contributed by atoms with E-state index in [1.807, 2.05) is 0 Å². The molecule has 0 aromatic carbocycles. The summed E-state index contributed by atoms with van der Waals surface area (Å²) in [5.41, 5.74) is 0. The molecule has 0 aromatic rings. The predicted octanol–water partition coefficient (Wildman–Crippen LogP) is 3.13. The van der Waals surface area contributed by atoms with E-state index in [9.17, 15) is 17.6 Å². The molecule has 0 saturated carbocycles. The van der Waals surface area contributed by atoms with Gasteiger partial charge in [-0.1, -0.05) is 25.6 Å². The molecule has 1 fully saturated rings. The summed E-state index contributed by atoms with van der Waals surface area (Å²) in [7, 11) is 0. The van der Waals surface area contributed by atoms with Crippen LogP contribution < -0.4 is 0 Å². The van der Waals surface area contributed by atoms with Crippen molar-refractivity contribution in [3.8, 4) is 0 Å². The summed E-state index contributed by atoms with van der Waals surface area (Å²) in [4.78, 5) is 0. The van der Waals surface area contributed by atoms with E-state index in [-0.39, 0.29) is 11.8 Å². The van der Waals surface area contributed by atoms with Crippen LogP contribution in [0.4, 0.5) is 17.6 Å². The van der Waals surface area contributed by atoms with Gasteiger partial charge < -0.3 is 0 Å². The molecular weight excluding hydrogens is 180 g/mol. The van der Waals surface area contributed by atoms with Gasteiger partial charge in [-0.05, 0) is 0 Å². The lowest BCUT2D eigenvalue weighted by atomic mass is 10.1. The van der Waals surface area contributed by atoms with Crippen LogP contribution in [0.25, 0.3) is 0 Å². The van der Waals surface area contributed by atoms with Gasteiger partial charge in [-0.2, -0.15) is 17.6 Å². The SMILES string of the molecule is CC1(C)CC(F)(F)C(F)(F)S1. The van der Waals surface area contributed by atoms with E-state index in [0.29, 0.717) is 0 Å². The number of rotatable bonds is 0. The fourth-order valence-corrected chi connectivity index (χ4v) is 2.26. The van der Waals surface area contributed by atoms with Crippen LogP contribution in [0.1, 0.15) is 20.3 Å². The van der Waals surface area contributed by atoms with Crippen molar-refractivity contribution in [1.29, 1.82) is 0 Å². The highest BCUT2D eigenvalue weighted by molar-refractivity contribution is 8.02. The Balaban J connectivity index is 2.89. The molecule has 0 spiro atoms. The monoisotopic (exact) mass is 188 g/mol. The van der Waals surface area contributed by atoms with Crippen LogP contribution in [0, 0.1) is 0 Å². The molecule has 1 aliphatic rings. The third-order valence-electron chi connectivity index (χ3n) is 1.48. The van der Waals surface area contributed by atoms with Crippen molar-refractivity contribution in [1.82, 2.24) is 0 Å². The second-order valence-electron chi connectivity index (χ2n) is 3.26. The van der Waals surface area contributed by atoms with Gasteiger partial charge in [0.1, 0.15) is 0 Å². The third kappa shape index (κ3) is 1.48. The number of hydrogen-bond acceptors (Lipinski definition) is 1. The van der Waals surface area contributed by atoms with E-state index >= 15 is 0 Å². The standard InChI is InChI=1S/C6H8F4S/c1-4(2)3-5(7,8)6(9,10)11-4/h3H2,1-2H3. The first-order chi connectivity index (χ1) is 4.66. The molecule has 0 N–H and O–H groups in total. The molecule has 0 aromatic heterocycles. The fourth-order valence-electron chi connectivity index (χ4n) is 1.10. The van der Waals surface area contributed by atoms with Crippen molar-refractivity contribution >= 4 is 11.8 Å². The smallest absolute Gasteiger partial charge is 0.199 e. The van der Waals surface area contributed by atoms with Crippen molar-refractivity contribution in [2.45, 2.75) is 36.2 Å². The van der Waals surface area contributed by atoms with Crippen molar-refractivity contribution in [2.24, 2.45) is 0 Å². The van der Waals surface area contributed by atoms with Gasteiger partial charge in [0.25, 0.3) is 0 Å². The molecule has 1 heterocycles. The van der Waals surface area contributed by atoms with Gasteiger partial charge in [0, 0.05) is 11.2 Å². The first-order valence-corrected chi connectivity index (χ1v) is 3.94. The van der Waals surface area contributed by atoms with Crippen LogP contribution in [0.2, 0.25) is 0 Å². The lowest BCUT2D eigenvalue weighted by Gasteiger charge is -2.15. The maximum absolute atomic E-state index is 12.4. The molecule has 66 valence electrons. The Morgan fingerprint density at radius 1 is 1.09 bits per heavy atom. The van der Waals surface area contributed by atoms with Crippen LogP contribution in [0.5, 0.6) is 0 Å². The Hall–Kier alpha value is 0.0700. The molecular formula is C6H8F4S. The quantitative estimate of drug-likeness (QED) is 0.526. The fraction of sp³-hybridized carbons (Fsp3) is 1.00. The third-order valence-corrected chi connectivity index (χ3v) is 2.73. The van der Waals surface area contributed by atoms with E-state index < -0.39 is 22.3 Å². The molecule has 1 aliphatic heterocycles. The summed E-state index contributed by atoms with van der Waals surface area (Å²) in [6, 6.07) is 0. The van der Waals surface area contributed by atoms with Crippen LogP contribution in [0.3, 0.4) is 0 Å². The van der Waals surface area contributed by atoms with Gasteiger partial charge in [0.05, 0.1) is 0 Å². The van der Waals surface area contributed by atoms with Crippen LogP contribution in [-0.4, -0.2) is 15.9 Å². The predicted molar refractivity (Wildman–Crippen MR) is 36.2 cm³/mol. The zero-order valence-corrected chi connectivity index (χ0v) is 6.94. The van der Waals surface area contributed by atoms with Crippen molar-refractivity contribution < 1.29 is 17.6 Å². The first kappa shape index (κ1) is 9.16. The largest absolute Gasteiger partial charge is 0.356 e. The van der Waals surface area contributed by atoms with Gasteiger partial charge in [-0.3, -0.25) is 0 Å². The van der Waals surface area contributed by atoms with Gasteiger partial charge in [0.2, 0.25) is 0 Å². The summed E-state index contributed by atoms with van der Waals surface area (Å²) in [5, 5.41) is -3.89. The molecule has 0 atom stereocenters. The minimum Gasteiger partial charge on any atom is -0.199 e. The lowest BCUT2D eigenvalue weighted by Crippen LogP contribution is -2.32. The summed E-state index contributed by atoms with van der Waals surface area (Å²) < 4.78 is 48.7. The van der Waals surface area contributed by atoms with Gasteiger partial charge in [-0.15, -0.1) is 0 Å². The van der Waals surface area contributed by atoms with E-state index in [1.54, 1.807) is 0 Å². The summed E-state index contributed by atoms with van der Waals surface area (Å²) in [6.07, 6.45) is -0.752. The summed E-state index contributed by atoms with van der Waals surface area (Å²) in [5.74, 6) is -3.85. The second-order valence-corrected chi connectivity index (χ2v) is 5.08. The Bertz CT molecular complexity index is 157. The molecule has 0 nitrogen and oxygen atoms in total. The van der Waals surface area contributed by atoms with Crippen LogP contribution in [-0.2, 0) is 0 Å². The number of alkyl halides is 4. The van der Waals surface area contributed by atoms with Gasteiger partial charge >= 0.3 is 11.2 Å². The second kappa shape index (κ2) is 2.06. The van der Waals surface area contributed by atoms with Crippen molar-refractivity contribution in [2.75, 3.05) is 0 Å². The van der Waals surface area contributed by atoms with Crippen molar-refractivity contribution in [3.05, 3.63) is 0 Å². The van der Waals surface area contributed by atoms with E-state index in [1.165, 1.54) is 13.8 Å². The molecule has 0 aliphatic carbocycles. The van der Waals surface area contributed by atoms with Crippen molar-refractivity contribution in [3.63, 3.8) is 0 Å². The average Bonchev–Trinajstić information content (AvgIpc) is 1.66. The molecule has 0 radical (unpaired) electrons. The Labute approximate surface area is 66.3 Å². The van der Waals surface area contributed by atoms with Gasteiger partial charge in [-0.25, -0.2) is 0 Å². The molecule has 1 saturated heterocycles. The average molecular weight is 188 g/mol. The molecule has 5 heteroatoms. The minimum absolute atomic E-state index is 0.0486. The molecule has 0 unspecified atom stereocenters. The number of thioether (sulfide) groups is 1. The Kier molecular flexibility index (Phi) is 1.71. The maximum atomic E-state index is 12.4. The highest BCUT2D eigenvalue weighted by Gasteiger charge is 2.66. The zero-order valence-electron chi connectivity index (χ0n) is 6.13. The maximum Gasteiger partial charge on any atom is 0.356 e. The summed E-state index contributed by atoms with van der Waals surface area (Å²) in [6.45, 7) is 2.79. The van der Waals surface area contributed by atoms with E-state index in [4.69, 9.17) is 0 Å². The molecule has 1 rings (SSSR count). The number of hydrogen-bond donors (Lipinski definition) is 0. The molecule has 11 heavy (non-hydrogen) atoms. The van der Waals surface area contributed by atoms with Crippen LogP contribution in [0.15, 0.2) is 0 Å². The zero-order chi connectivity index (χ0) is 8.91. The Morgan fingerprint density at radius 3 is 1.64 bits per heavy atom. The highest BCUT2D eigenvalue weighted by atomic mass is 32.2. The summed E-state index contributed by atoms with van der Waals surface area (Å²) >= 11 is 0.0486. The Morgan fingerprint density at radius 2 is 1.55 bits per heavy atom. The first-order valence-electron chi connectivity index (χ1n) is 3.12. The molecule has 0 amide bonds. The minimum atomic E-state index is -3.89. The van der Waals surface area contributed by atoms with E-state index in [0.717, 1.165) is 0 Å². The van der Waals surface area contributed by atoms with Crippen LogP contribution >= 0.6 is 11.8 Å². The van der Waals surface area contributed by atoms with E-state index in [2.05, 4.69) is 0 Å².